The molecule has 0 aromatic carbocycles. The highest BCUT2D eigenvalue weighted by atomic mass is 16.8. The smallest absolute Gasteiger partial charge is 0.169 e. The van der Waals surface area contributed by atoms with E-state index in [1.807, 2.05) is 0 Å². The maximum atomic E-state index is 6.85. The van der Waals surface area contributed by atoms with Crippen LogP contribution in [0.4, 0.5) is 0 Å². The number of hydrogen-bond acceptors (Lipinski definition) is 2. The first-order valence-electron chi connectivity index (χ1n) is 21.1. The van der Waals surface area contributed by atoms with Gasteiger partial charge in [-0.05, 0) is 102 Å². The summed E-state index contributed by atoms with van der Waals surface area (Å²) in [4.78, 5) is 0. The molecule has 1 aliphatic heterocycles. The normalized spacial score (nSPS) is 21.2. The average molecular weight is 653 g/mol. The van der Waals surface area contributed by atoms with E-state index >= 15 is 0 Å². The molecule has 0 amide bonds. The molecule has 0 bridgehead atoms. The molecule has 0 aromatic heterocycles. The highest BCUT2D eigenvalue weighted by Gasteiger charge is 2.51. The molecule has 2 heteroatoms. The third kappa shape index (κ3) is 20.9. The molecule has 2 nitrogen and oxygen atoms in total. The zero-order chi connectivity index (χ0) is 33.7. The Morgan fingerprint density at radius 3 is 1.17 bits per heavy atom. The van der Waals surface area contributed by atoms with E-state index in [1.54, 1.807) is 0 Å². The van der Waals surface area contributed by atoms with Crippen LogP contribution in [0.3, 0.4) is 0 Å². The van der Waals surface area contributed by atoms with Crippen LogP contribution in [-0.4, -0.2) is 18.0 Å². The zero-order valence-corrected chi connectivity index (χ0v) is 32.0. The van der Waals surface area contributed by atoms with E-state index in [0.717, 1.165) is 37.5 Å². The zero-order valence-electron chi connectivity index (χ0n) is 32.0. The van der Waals surface area contributed by atoms with Crippen molar-refractivity contribution in [2.75, 3.05) is 0 Å². The predicted molar refractivity (Wildman–Crippen MR) is 208 cm³/mol. The van der Waals surface area contributed by atoms with Crippen LogP contribution < -0.4 is 0 Å². The van der Waals surface area contributed by atoms with Crippen LogP contribution in [0.25, 0.3) is 0 Å². The summed E-state index contributed by atoms with van der Waals surface area (Å²) >= 11 is 0. The van der Waals surface area contributed by atoms with Crippen molar-refractivity contribution in [3.8, 4) is 0 Å². The first-order valence-corrected chi connectivity index (χ1v) is 21.1. The summed E-state index contributed by atoms with van der Waals surface area (Å²) in [7, 11) is 0. The fourth-order valence-corrected chi connectivity index (χ4v) is 7.49. The minimum atomic E-state index is -0.290. The Labute approximate surface area is 294 Å². The van der Waals surface area contributed by atoms with Crippen molar-refractivity contribution in [1.82, 2.24) is 0 Å². The second kappa shape index (κ2) is 28.7. The lowest BCUT2D eigenvalue weighted by Gasteiger charge is -2.30. The fourth-order valence-electron chi connectivity index (χ4n) is 7.49. The molecule has 0 spiro atoms. The van der Waals surface area contributed by atoms with Gasteiger partial charge in [0.25, 0.3) is 0 Å². The molecule has 272 valence electrons. The number of fused-ring (bicyclic) bond motifs is 1. The molecule has 0 N–H and O–H groups in total. The van der Waals surface area contributed by atoms with Crippen LogP contribution in [0.15, 0.2) is 48.6 Å². The summed E-state index contributed by atoms with van der Waals surface area (Å²) in [5.41, 5.74) is 0. The second-order valence-corrected chi connectivity index (χ2v) is 15.4. The summed E-state index contributed by atoms with van der Waals surface area (Å²) < 4.78 is 13.7. The van der Waals surface area contributed by atoms with E-state index in [9.17, 15) is 0 Å². The van der Waals surface area contributed by atoms with Gasteiger partial charge in [-0.1, -0.05) is 153 Å². The van der Waals surface area contributed by atoms with Crippen molar-refractivity contribution in [2.24, 2.45) is 11.8 Å². The molecule has 3 atom stereocenters. The van der Waals surface area contributed by atoms with E-state index in [1.165, 1.54) is 154 Å². The van der Waals surface area contributed by atoms with Crippen molar-refractivity contribution >= 4 is 0 Å². The number of allylic oxidation sites excluding steroid dienone is 8. The van der Waals surface area contributed by atoms with Crippen molar-refractivity contribution in [2.45, 2.75) is 225 Å². The Kier molecular flexibility index (Phi) is 25.7. The van der Waals surface area contributed by atoms with Crippen molar-refractivity contribution < 1.29 is 9.47 Å². The largest absolute Gasteiger partial charge is 0.344 e. The van der Waals surface area contributed by atoms with Gasteiger partial charge in [0.1, 0.15) is 0 Å². The molecule has 1 saturated carbocycles. The Balaban J connectivity index is 1.55. The van der Waals surface area contributed by atoms with E-state index in [4.69, 9.17) is 9.47 Å². The summed E-state index contributed by atoms with van der Waals surface area (Å²) in [5.74, 6) is 1.22. The molecule has 1 heterocycles. The van der Waals surface area contributed by atoms with Crippen LogP contribution in [0, 0.1) is 11.8 Å². The molecule has 47 heavy (non-hydrogen) atoms. The topological polar surface area (TPSA) is 18.5 Å². The molecular formula is C45H80O2. The Morgan fingerprint density at radius 2 is 0.809 bits per heavy atom. The van der Waals surface area contributed by atoms with Crippen molar-refractivity contribution in [1.29, 1.82) is 0 Å². The van der Waals surface area contributed by atoms with Gasteiger partial charge in [0.2, 0.25) is 0 Å². The predicted octanol–water partition coefficient (Wildman–Crippen LogP) is 14.9. The second-order valence-electron chi connectivity index (χ2n) is 15.4. The van der Waals surface area contributed by atoms with Crippen molar-refractivity contribution in [3.05, 3.63) is 48.6 Å². The Morgan fingerprint density at radius 1 is 0.468 bits per heavy atom. The lowest BCUT2D eigenvalue weighted by molar-refractivity contribution is -0.193. The molecule has 0 aromatic rings. The lowest BCUT2D eigenvalue weighted by Crippen LogP contribution is -2.32. The molecular weight excluding hydrogens is 572 g/mol. The van der Waals surface area contributed by atoms with Crippen LogP contribution >= 0.6 is 0 Å². The van der Waals surface area contributed by atoms with E-state index < -0.39 is 0 Å². The third-order valence-corrected chi connectivity index (χ3v) is 10.7. The first kappa shape index (κ1) is 42.0. The third-order valence-electron chi connectivity index (χ3n) is 10.7. The average Bonchev–Trinajstić information content (AvgIpc) is 3.61. The number of hydrogen-bond donors (Lipinski definition) is 0. The molecule has 1 aliphatic carbocycles. The number of ether oxygens (including phenoxy) is 2. The quantitative estimate of drug-likeness (QED) is 0.0548. The molecule has 2 aliphatic rings. The standard InChI is InChI=1S/C45H80O2/c1-5-7-9-11-13-15-17-19-21-23-25-27-29-31-33-35-37-45(46-43-39-42(41(3)4)40-44(43)47-45)38-36-34-32-30-28-26-24-22-20-18-16-14-12-10-8-6-2/h13-16,19-22,41-44H,5-12,17-18,23-40H2,1-4H3/b15-13-,16-14-,21-19-,22-20-/t42?,43-,44+. The molecule has 1 unspecified atom stereocenters. The molecule has 1 saturated heterocycles. The highest BCUT2D eigenvalue weighted by Crippen LogP contribution is 2.47. The van der Waals surface area contributed by atoms with Gasteiger partial charge in [-0.3, -0.25) is 0 Å². The van der Waals surface area contributed by atoms with E-state index in [2.05, 4.69) is 76.3 Å². The van der Waals surface area contributed by atoms with Crippen LogP contribution in [0.2, 0.25) is 0 Å². The van der Waals surface area contributed by atoms with Gasteiger partial charge in [-0.25, -0.2) is 0 Å². The van der Waals surface area contributed by atoms with E-state index in [-0.39, 0.29) is 5.79 Å². The summed E-state index contributed by atoms with van der Waals surface area (Å²) in [6, 6.07) is 0. The van der Waals surface area contributed by atoms with Gasteiger partial charge in [0.15, 0.2) is 5.79 Å². The summed E-state index contributed by atoms with van der Waals surface area (Å²) in [6.07, 6.45) is 55.4. The monoisotopic (exact) mass is 653 g/mol. The molecule has 2 fully saturated rings. The van der Waals surface area contributed by atoms with Gasteiger partial charge < -0.3 is 9.47 Å². The maximum absolute atomic E-state index is 6.85. The summed E-state index contributed by atoms with van der Waals surface area (Å²) in [5, 5.41) is 0. The van der Waals surface area contributed by atoms with E-state index in [0.29, 0.717) is 12.2 Å². The number of rotatable bonds is 31. The van der Waals surface area contributed by atoms with Crippen LogP contribution in [0.1, 0.15) is 207 Å². The van der Waals surface area contributed by atoms with Gasteiger partial charge in [-0.15, -0.1) is 0 Å². The van der Waals surface area contributed by atoms with Crippen LogP contribution in [-0.2, 0) is 9.47 Å². The molecule has 2 rings (SSSR count). The highest BCUT2D eigenvalue weighted by molar-refractivity contribution is 4.95. The van der Waals surface area contributed by atoms with Gasteiger partial charge in [0, 0.05) is 12.8 Å². The maximum Gasteiger partial charge on any atom is 0.169 e. The van der Waals surface area contributed by atoms with Crippen molar-refractivity contribution in [3.63, 3.8) is 0 Å². The Hall–Kier alpha value is -1.12. The van der Waals surface area contributed by atoms with Gasteiger partial charge in [-0.2, -0.15) is 0 Å². The van der Waals surface area contributed by atoms with Crippen LogP contribution in [0.5, 0.6) is 0 Å². The van der Waals surface area contributed by atoms with Gasteiger partial charge >= 0.3 is 0 Å². The fraction of sp³-hybridized carbons (Fsp3) is 0.822. The summed E-state index contributed by atoms with van der Waals surface area (Å²) in [6.45, 7) is 9.28. The SMILES string of the molecule is CCCCC/C=C\C/C=C\CCCCCCCCC1(CCCCCCCC/C=C\C/C=C\CCCCC)O[C@H]2CC(C(C)C)C[C@H]2O1. The lowest BCUT2D eigenvalue weighted by atomic mass is 9.94. The number of unbranched alkanes of at least 4 members (excludes halogenated alkanes) is 18. The first-order chi connectivity index (χ1) is 23.1. The van der Waals surface area contributed by atoms with Gasteiger partial charge in [0.05, 0.1) is 12.2 Å². The molecule has 0 radical (unpaired) electrons. The minimum Gasteiger partial charge on any atom is -0.344 e. The minimum absolute atomic E-state index is 0.290. The Bertz CT molecular complexity index is 756.